The lowest BCUT2D eigenvalue weighted by Crippen LogP contribution is -2.01. The van der Waals surface area contributed by atoms with Gasteiger partial charge in [0.1, 0.15) is 0 Å². The van der Waals surface area contributed by atoms with Crippen LogP contribution in [0, 0.1) is 11.3 Å². The van der Waals surface area contributed by atoms with E-state index in [4.69, 9.17) is 5.26 Å². The molecule has 1 N–H and O–H groups in total. The molecule has 3 heteroatoms. The molecular formula is C17H13N3. The number of anilines is 1. The quantitative estimate of drug-likeness (QED) is 0.779. The van der Waals surface area contributed by atoms with Crippen LogP contribution in [0.1, 0.15) is 11.3 Å². The molecule has 0 aliphatic carbocycles. The first kappa shape index (κ1) is 12.2. The summed E-state index contributed by atoms with van der Waals surface area (Å²) >= 11 is 0. The Morgan fingerprint density at radius 1 is 0.950 bits per heavy atom. The molecule has 0 saturated heterocycles. The molecule has 0 saturated carbocycles. The zero-order valence-electron chi connectivity index (χ0n) is 10.9. The lowest BCUT2D eigenvalue weighted by Gasteiger charge is -2.07. The van der Waals surface area contributed by atoms with E-state index in [2.05, 4.69) is 28.5 Å². The van der Waals surface area contributed by atoms with Crippen LogP contribution in [0.2, 0.25) is 0 Å². The molecular weight excluding hydrogens is 246 g/mol. The van der Waals surface area contributed by atoms with E-state index in [9.17, 15) is 0 Å². The number of fused-ring (bicyclic) bond motifs is 1. The molecule has 1 heterocycles. The van der Waals surface area contributed by atoms with E-state index in [1.165, 1.54) is 0 Å². The average Bonchev–Trinajstić information content (AvgIpc) is 2.53. The first-order valence-electron chi connectivity index (χ1n) is 6.44. The number of nitriles is 1. The molecule has 0 unspecified atom stereocenters. The molecule has 0 aliphatic heterocycles. The maximum atomic E-state index is 8.76. The first-order valence-corrected chi connectivity index (χ1v) is 6.44. The third-order valence-electron chi connectivity index (χ3n) is 3.14. The maximum absolute atomic E-state index is 8.76. The van der Waals surface area contributed by atoms with Gasteiger partial charge < -0.3 is 5.32 Å². The number of hydrogen-bond acceptors (Lipinski definition) is 3. The maximum Gasteiger partial charge on any atom is 0.0991 e. The van der Waals surface area contributed by atoms with E-state index in [1.807, 2.05) is 36.4 Å². The number of rotatable bonds is 3. The van der Waals surface area contributed by atoms with Crippen LogP contribution >= 0.6 is 0 Å². The Balaban J connectivity index is 1.74. The molecule has 0 amide bonds. The summed E-state index contributed by atoms with van der Waals surface area (Å²) in [6, 6.07) is 21.7. The number of nitrogens with zero attached hydrogens (tertiary/aromatic N) is 2. The van der Waals surface area contributed by atoms with Gasteiger partial charge in [-0.05, 0) is 36.4 Å². The molecule has 1 aromatic heterocycles. The van der Waals surface area contributed by atoms with E-state index in [1.54, 1.807) is 12.1 Å². The van der Waals surface area contributed by atoms with Crippen molar-refractivity contribution in [3.05, 3.63) is 71.9 Å². The standard InChI is InChI=1S/C17H13N3/c18-11-13-5-8-15(9-6-13)19-12-16-10-7-14-3-1-2-4-17(14)20-16/h1-10,19H,12H2. The van der Waals surface area contributed by atoms with Crippen LogP contribution in [0.25, 0.3) is 10.9 Å². The summed E-state index contributed by atoms with van der Waals surface area (Å²) in [6.45, 7) is 0.663. The fraction of sp³-hybridized carbons (Fsp3) is 0.0588. The number of aromatic nitrogens is 1. The van der Waals surface area contributed by atoms with Crippen LogP contribution in [-0.4, -0.2) is 4.98 Å². The summed E-state index contributed by atoms with van der Waals surface area (Å²) in [4.78, 5) is 4.61. The molecule has 0 atom stereocenters. The molecule has 0 radical (unpaired) electrons. The van der Waals surface area contributed by atoms with Crippen molar-refractivity contribution in [1.29, 1.82) is 5.26 Å². The number of benzene rings is 2. The van der Waals surface area contributed by atoms with Gasteiger partial charge in [0.15, 0.2) is 0 Å². The van der Waals surface area contributed by atoms with Gasteiger partial charge in [-0.15, -0.1) is 0 Å². The van der Waals surface area contributed by atoms with Gasteiger partial charge in [0.2, 0.25) is 0 Å². The molecule has 0 spiro atoms. The second-order valence-electron chi connectivity index (χ2n) is 4.54. The van der Waals surface area contributed by atoms with Crippen LogP contribution in [0.5, 0.6) is 0 Å². The third-order valence-corrected chi connectivity index (χ3v) is 3.14. The smallest absolute Gasteiger partial charge is 0.0991 e. The van der Waals surface area contributed by atoms with Gasteiger partial charge >= 0.3 is 0 Å². The Hall–Kier alpha value is -2.86. The van der Waals surface area contributed by atoms with Crippen LogP contribution in [0.3, 0.4) is 0 Å². The molecule has 20 heavy (non-hydrogen) atoms. The van der Waals surface area contributed by atoms with Crippen molar-refractivity contribution in [1.82, 2.24) is 4.98 Å². The minimum atomic E-state index is 0.663. The normalized spacial score (nSPS) is 10.2. The molecule has 3 rings (SSSR count). The molecule has 0 bridgehead atoms. The number of para-hydroxylation sites is 1. The van der Waals surface area contributed by atoms with Crippen LogP contribution in [-0.2, 0) is 6.54 Å². The topological polar surface area (TPSA) is 48.7 Å². The Bertz CT molecular complexity index is 770. The van der Waals surface area contributed by atoms with Gasteiger partial charge in [0, 0.05) is 11.1 Å². The predicted molar refractivity (Wildman–Crippen MR) is 80.2 cm³/mol. The highest BCUT2D eigenvalue weighted by atomic mass is 14.9. The largest absolute Gasteiger partial charge is 0.379 e. The van der Waals surface area contributed by atoms with Gasteiger partial charge in [-0.1, -0.05) is 24.3 Å². The third kappa shape index (κ3) is 2.60. The van der Waals surface area contributed by atoms with Crippen LogP contribution in [0.15, 0.2) is 60.7 Å². The van der Waals surface area contributed by atoms with E-state index >= 15 is 0 Å². The summed E-state index contributed by atoms with van der Waals surface area (Å²) < 4.78 is 0. The van der Waals surface area contributed by atoms with E-state index in [0.717, 1.165) is 22.3 Å². The Labute approximate surface area is 117 Å². The molecule has 0 fully saturated rings. The fourth-order valence-electron chi connectivity index (χ4n) is 2.06. The lowest BCUT2D eigenvalue weighted by molar-refractivity contribution is 1.07. The van der Waals surface area contributed by atoms with E-state index in [0.29, 0.717) is 12.1 Å². The van der Waals surface area contributed by atoms with Crippen molar-refractivity contribution in [3.8, 4) is 6.07 Å². The summed E-state index contributed by atoms with van der Waals surface area (Å²) in [5, 5.41) is 13.2. The van der Waals surface area contributed by atoms with Crippen molar-refractivity contribution in [2.24, 2.45) is 0 Å². The Kier molecular flexibility index (Phi) is 3.30. The van der Waals surface area contributed by atoms with Gasteiger partial charge in [-0.25, -0.2) is 0 Å². The Morgan fingerprint density at radius 3 is 2.55 bits per heavy atom. The highest BCUT2D eigenvalue weighted by Gasteiger charge is 1.98. The molecule has 96 valence electrons. The summed E-state index contributed by atoms with van der Waals surface area (Å²) in [5.41, 5.74) is 3.65. The van der Waals surface area contributed by atoms with E-state index in [-0.39, 0.29) is 0 Å². The van der Waals surface area contributed by atoms with Gasteiger partial charge in [0.05, 0.1) is 29.4 Å². The van der Waals surface area contributed by atoms with Crippen LogP contribution in [0.4, 0.5) is 5.69 Å². The zero-order valence-corrected chi connectivity index (χ0v) is 10.9. The molecule has 2 aromatic carbocycles. The van der Waals surface area contributed by atoms with Gasteiger partial charge in [-0.2, -0.15) is 5.26 Å². The minimum absolute atomic E-state index is 0.663. The molecule has 0 aliphatic rings. The second-order valence-corrected chi connectivity index (χ2v) is 4.54. The number of hydrogen-bond donors (Lipinski definition) is 1. The van der Waals surface area contributed by atoms with Crippen molar-refractivity contribution in [3.63, 3.8) is 0 Å². The van der Waals surface area contributed by atoms with Crippen molar-refractivity contribution < 1.29 is 0 Å². The SMILES string of the molecule is N#Cc1ccc(NCc2ccc3ccccc3n2)cc1. The summed E-state index contributed by atoms with van der Waals surface area (Å²) in [5.74, 6) is 0. The zero-order chi connectivity index (χ0) is 13.8. The Morgan fingerprint density at radius 2 is 1.75 bits per heavy atom. The molecule has 3 nitrogen and oxygen atoms in total. The van der Waals surface area contributed by atoms with Gasteiger partial charge in [-0.3, -0.25) is 4.98 Å². The van der Waals surface area contributed by atoms with Gasteiger partial charge in [0.25, 0.3) is 0 Å². The summed E-state index contributed by atoms with van der Waals surface area (Å²) in [7, 11) is 0. The minimum Gasteiger partial charge on any atom is -0.379 e. The van der Waals surface area contributed by atoms with Crippen LogP contribution < -0.4 is 5.32 Å². The highest BCUT2D eigenvalue weighted by Crippen LogP contribution is 2.14. The fourth-order valence-corrected chi connectivity index (χ4v) is 2.06. The summed E-state index contributed by atoms with van der Waals surface area (Å²) in [6.07, 6.45) is 0. The van der Waals surface area contributed by atoms with Crippen molar-refractivity contribution >= 4 is 16.6 Å². The predicted octanol–water partition coefficient (Wildman–Crippen LogP) is 3.72. The average molecular weight is 259 g/mol. The lowest BCUT2D eigenvalue weighted by atomic mass is 10.2. The number of nitrogens with one attached hydrogen (secondary N) is 1. The van der Waals surface area contributed by atoms with Crippen molar-refractivity contribution in [2.45, 2.75) is 6.54 Å². The monoisotopic (exact) mass is 259 g/mol. The highest BCUT2D eigenvalue weighted by molar-refractivity contribution is 5.78. The van der Waals surface area contributed by atoms with E-state index < -0.39 is 0 Å². The number of pyridine rings is 1. The first-order chi connectivity index (χ1) is 9.85. The molecule has 3 aromatic rings. The van der Waals surface area contributed by atoms with Crippen molar-refractivity contribution in [2.75, 3.05) is 5.32 Å². The second kappa shape index (κ2) is 5.41.